The molecule has 14 heavy (non-hydrogen) atoms. The predicted molar refractivity (Wildman–Crippen MR) is 62.2 cm³/mol. The molecule has 0 unspecified atom stereocenters. The van der Waals surface area contributed by atoms with Crippen LogP contribution in [0.25, 0.3) is 0 Å². The van der Waals surface area contributed by atoms with Crippen molar-refractivity contribution in [3.05, 3.63) is 28.2 Å². The Morgan fingerprint density at radius 2 is 2.21 bits per heavy atom. The van der Waals surface area contributed by atoms with Crippen molar-refractivity contribution in [1.82, 2.24) is 0 Å². The molecule has 0 aliphatic carbocycles. The molecule has 3 nitrogen and oxygen atoms in total. The van der Waals surface area contributed by atoms with Crippen LogP contribution in [0, 0.1) is 0 Å². The van der Waals surface area contributed by atoms with Crippen molar-refractivity contribution in [3.63, 3.8) is 0 Å². The Labute approximate surface area is 92.9 Å². The molecule has 0 heterocycles. The van der Waals surface area contributed by atoms with Crippen LogP contribution in [0.2, 0.25) is 10.0 Å². The first kappa shape index (κ1) is 11.1. The van der Waals surface area contributed by atoms with Crippen LogP contribution in [-0.2, 0) is 0 Å². The van der Waals surface area contributed by atoms with Gasteiger partial charge in [0.25, 0.3) is 0 Å². The summed E-state index contributed by atoms with van der Waals surface area (Å²) in [7, 11) is 0. The molecule has 0 atom stereocenters. The average molecular weight is 232 g/mol. The largest absolute Gasteiger partial charge is 0.370 e. The maximum Gasteiger partial charge on any atom is 0.193 e. The minimum Gasteiger partial charge on any atom is -0.370 e. The molecular weight excluding hydrogens is 221 g/mol. The van der Waals surface area contributed by atoms with Gasteiger partial charge in [-0.3, -0.25) is 4.99 Å². The van der Waals surface area contributed by atoms with Gasteiger partial charge in [-0.15, -0.1) is 0 Å². The summed E-state index contributed by atoms with van der Waals surface area (Å²) in [5, 5.41) is 3.99. The number of guanidine groups is 1. The predicted octanol–water partition coefficient (Wildman–Crippen LogP) is 2.74. The SMILES string of the molecule is CCN=C(N)Nc1ccc(Cl)cc1Cl. The van der Waals surface area contributed by atoms with Gasteiger partial charge in [-0.05, 0) is 25.1 Å². The van der Waals surface area contributed by atoms with Gasteiger partial charge in [0.2, 0.25) is 0 Å². The van der Waals surface area contributed by atoms with E-state index in [1.165, 1.54) is 0 Å². The van der Waals surface area contributed by atoms with Crippen LogP contribution >= 0.6 is 23.2 Å². The fourth-order valence-electron chi connectivity index (χ4n) is 0.939. The van der Waals surface area contributed by atoms with E-state index in [9.17, 15) is 0 Å². The van der Waals surface area contributed by atoms with Crippen LogP contribution in [0.5, 0.6) is 0 Å². The van der Waals surface area contributed by atoms with E-state index in [0.717, 1.165) is 0 Å². The molecule has 0 aliphatic rings. The van der Waals surface area contributed by atoms with Gasteiger partial charge in [-0.1, -0.05) is 23.2 Å². The monoisotopic (exact) mass is 231 g/mol. The summed E-state index contributed by atoms with van der Waals surface area (Å²) in [4.78, 5) is 3.98. The van der Waals surface area contributed by atoms with Gasteiger partial charge >= 0.3 is 0 Å². The Kier molecular flexibility index (Phi) is 4.04. The lowest BCUT2D eigenvalue weighted by atomic mass is 10.3. The molecule has 0 aromatic heterocycles. The van der Waals surface area contributed by atoms with E-state index in [2.05, 4.69) is 10.3 Å². The highest BCUT2D eigenvalue weighted by Gasteiger charge is 2.01. The zero-order chi connectivity index (χ0) is 10.6. The number of hydrogen-bond acceptors (Lipinski definition) is 1. The summed E-state index contributed by atoms with van der Waals surface area (Å²) in [6, 6.07) is 5.13. The van der Waals surface area contributed by atoms with Gasteiger partial charge in [-0.2, -0.15) is 0 Å². The fourth-order valence-corrected chi connectivity index (χ4v) is 1.39. The number of halogens is 2. The fraction of sp³-hybridized carbons (Fsp3) is 0.222. The third-order valence-electron chi connectivity index (χ3n) is 1.52. The lowest BCUT2D eigenvalue weighted by Crippen LogP contribution is -2.22. The molecule has 1 rings (SSSR count). The second-order valence-corrected chi connectivity index (χ2v) is 3.45. The van der Waals surface area contributed by atoms with Crippen molar-refractivity contribution in [1.29, 1.82) is 0 Å². The summed E-state index contributed by atoms with van der Waals surface area (Å²) < 4.78 is 0. The van der Waals surface area contributed by atoms with Gasteiger partial charge in [-0.25, -0.2) is 0 Å². The highest BCUT2D eigenvalue weighted by molar-refractivity contribution is 6.36. The number of nitrogens with zero attached hydrogens (tertiary/aromatic N) is 1. The molecule has 1 aromatic carbocycles. The van der Waals surface area contributed by atoms with Crippen molar-refractivity contribution in [2.24, 2.45) is 10.7 Å². The number of rotatable bonds is 2. The van der Waals surface area contributed by atoms with Crippen LogP contribution in [0.3, 0.4) is 0 Å². The lowest BCUT2D eigenvalue weighted by Gasteiger charge is -2.07. The standard InChI is InChI=1S/C9H11Cl2N3/c1-2-13-9(12)14-8-4-3-6(10)5-7(8)11/h3-5H,2H2,1H3,(H3,12,13,14). The molecular formula is C9H11Cl2N3. The Bertz CT molecular complexity index is 350. The molecule has 0 radical (unpaired) electrons. The first-order chi connectivity index (χ1) is 6.63. The first-order valence-corrected chi connectivity index (χ1v) is 4.91. The molecule has 0 spiro atoms. The topological polar surface area (TPSA) is 50.4 Å². The molecule has 0 amide bonds. The van der Waals surface area contributed by atoms with Gasteiger partial charge in [0.15, 0.2) is 5.96 Å². The third-order valence-corrected chi connectivity index (χ3v) is 2.07. The minimum absolute atomic E-state index is 0.344. The smallest absolute Gasteiger partial charge is 0.193 e. The quantitative estimate of drug-likeness (QED) is 0.608. The van der Waals surface area contributed by atoms with E-state index in [1.807, 2.05) is 6.92 Å². The number of nitrogens with two attached hydrogens (primary N) is 1. The number of hydrogen-bond donors (Lipinski definition) is 2. The maximum atomic E-state index is 5.92. The van der Waals surface area contributed by atoms with Crippen LogP contribution < -0.4 is 11.1 Å². The van der Waals surface area contributed by atoms with Gasteiger partial charge < -0.3 is 11.1 Å². The lowest BCUT2D eigenvalue weighted by molar-refractivity contribution is 1.12. The van der Waals surface area contributed by atoms with Crippen molar-refractivity contribution in [3.8, 4) is 0 Å². The van der Waals surface area contributed by atoms with Crippen molar-refractivity contribution in [2.45, 2.75) is 6.92 Å². The maximum absolute atomic E-state index is 5.92. The second-order valence-electron chi connectivity index (χ2n) is 2.61. The molecule has 0 saturated heterocycles. The molecule has 0 saturated carbocycles. The summed E-state index contributed by atoms with van der Waals surface area (Å²) in [5.74, 6) is 0.344. The molecule has 0 fully saturated rings. The molecule has 3 N–H and O–H groups in total. The van der Waals surface area contributed by atoms with E-state index in [1.54, 1.807) is 18.2 Å². The highest BCUT2D eigenvalue weighted by Crippen LogP contribution is 2.24. The van der Waals surface area contributed by atoms with Gasteiger partial charge in [0.1, 0.15) is 0 Å². The highest BCUT2D eigenvalue weighted by atomic mass is 35.5. The summed E-state index contributed by atoms with van der Waals surface area (Å²) in [6.45, 7) is 2.53. The molecule has 0 bridgehead atoms. The average Bonchev–Trinajstić information content (AvgIpc) is 2.10. The van der Waals surface area contributed by atoms with Crippen molar-refractivity contribution < 1.29 is 0 Å². The van der Waals surface area contributed by atoms with E-state index in [-0.39, 0.29) is 0 Å². The van der Waals surface area contributed by atoms with E-state index >= 15 is 0 Å². The summed E-state index contributed by atoms with van der Waals surface area (Å²) in [6.07, 6.45) is 0. The number of benzene rings is 1. The molecule has 76 valence electrons. The Morgan fingerprint density at radius 3 is 2.79 bits per heavy atom. The molecule has 0 aliphatic heterocycles. The first-order valence-electron chi connectivity index (χ1n) is 4.15. The van der Waals surface area contributed by atoms with Crippen molar-refractivity contribution >= 4 is 34.8 Å². The summed E-state index contributed by atoms with van der Waals surface area (Å²) in [5.41, 5.74) is 6.27. The van der Waals surface area contributed by atoms with E-state index in [4.69, 9.17) is 28.9 Å². The normalized spacial score (nSPS) is 11.5. The van der Waals surface area contributed by atoms with Crippen LogP contribution in [0.15, 0.2) is 23.2 Å². The van der Waals surface area contributed by atoms with E-state index in [0.29, 0.717) is 28.2 Å². The van der Waals surface area contributed by atoms with Gasteiger partial charge in [0.05, 0.1) is 10.7 Å². The zero-order valence-corrected chi connectivity index (χ0v) is 9.23. The van der Waals surface area contributed by atoms with Crippen LogP contribution in [-0.4, -0.2) is 12.5 Å². The minimum atomic E-state index is 0.344. The number of anilines is 1. The van der Waals surface area contributed by atoms with Crippen molar-refractivity contribution in [2.75, 3.05) is 11.9 Å². The Morgan fingerprint density at radius 1 is 1.50 bits per heavy atom. The summed E-state index contributed by atoms with van der Waals surface area (Å²) >= 11 is 11.7. The Balaban J connectivity index is 2.82. The number of nitrogens with one attached hydrogen (secondary N) is 1. The number of aliphatic imine (C=N–C) groups is 1. The molecule has 1 aromatic rings. The van der Waals surface area contributed by atoms with Crippen LogP contribution in [0.4, 0.5) is 5.69 Å². The van der Waals surface area contributed by atoms with E-state index < -0.39 is 0 Å². The Hall–Kier alpha value is -0.930. The second kappa shape index (κ2) is 5.08. The van der Waals surface area contributed by atoms with Crippen LogP contribution in [0.1, 0.15) is 6.92 Å². The zero-order valence-electron chi connectivity index (χ0n) is 7.72. The van der Waals surface area contributed by atoms with Gasteiger partial charge in [0, 0.05) is 11.6 Å². The molecule has 5 heteroatoms. The third kappa shape index (κ3) is 3.09.